The maximum atomic E-state index is 12.9. The van der Waals surface area contributed by atoms with Crippen LogP contribution in [0.5, 0.6) is 0 Å². The maximum absolute atomic E-state index is 12.9. The van der Waals surface area contributed by atoms with Gasteiger partial charge in [-0.05, 0) is 50.4 Å². The molecule has 0 unspecified atom stereocenters. The van der Waals surface area contributed by atoms with Crippen LogP contribution in [0.4, 0.5) is 18.9 Å². The highest BCUT2D eigenvalue weighted by Crippen LogP contribution is 2.47. The molecule has 1 spiro atoms. The third-order valence-electron chi connectivity index (χ3n) is 6.10. The average molecular weight is 414 g/mol. The van der Waals surface area contributed by atoms with E-state index < -0.39 is 12.1 Å². The molecule has 1 N–H and O–H groups in total. The molecule has 1 amide bonds. The molecule has 1 aromatic carbocycles. The van der Waals surface area contributed by atoms with Crippen molar-refractivity contribution >= 4 is 17.6 Å². The Morgan fingerprint density at radius 3 is 2.28 bits per heavy atom. The molecule has 0 bridgehead atoms. The van der Waals surface area contributed by atoms with Gasteiger partial charge in [-0.15, -0.1) is 0 Å². The number of likely N-dealkylation sites (N-methyl/N-ethyl adjacent to an activating group) is 1. The summed E-state index contributed by atoms with van der Waals surface area (Å²) in [6.45, 7) is 3.82. The van der Waals surface area contributed by atoms with Crippen LogP contribution >= 0.6 is 0 Å². The quantitative estimate of drug-likeness (QED) is 0.765. The summed E-state index contributed by atoms with van der Waals surface area (Å²) in [5.41, 5.74) is 2.08. The standard InChI is InChI=1S/C18H24N2O2.C2HF3O2/c1-19-16-5-3-2-4-15(16)18(17(19)21)8-10-20(11-9-18)14-6-12-22-13-7-14;3-2(4,5)1(6)7/h2-5,14H,6-13H2,1H3;(H,6,7). The number of likely N-dealkylation sites (tertiary alicyclic amines) is 1. The van der Waals surface area contributed by atoms with Crippen LogP contribution in [0, 0.1) is 0 Å². The number of carboxylic acids is 1. The first-order valence-corrected chi connectivity index (χ1v) is 9.66. The van der Waals surface area contributed by atoms with Crippen molar-refractivity contribution in [3.8, 4) is 0 Å². The van der Waals surface area contributed by atoms with E-state index in [0.717, 1.165) is 57.7 Å². The summed E-state index contributed by atoms with van der Waals surface area (Å²) >= 11 is 0. The Kier molecular flexibility index (Phi) is 6.19. The summed E-state index contributed by atoms with van der Waals surface area (Å²) in [5, 5.41) is 7.12. The molecule has 160 valence electrons. The molecule has 0 aliphatic carbocycles. The lowest BCUT2D eigenvalue weighted by molar-refractivity contribution is -0.192. The summed E-state index contributed by atoms with van der Waals surface area (Å²) in [5.74, 6) is -2.46. The first-order chi connectivity index (χ1) is 13.7. The fourth-order valence-corrected chi connectivity index (χ4v) is 4.52. The largest absolute Gasteiger partial charge is 0.490 e. The number of benzene rings is 1. The predicted molar refractivity (Wildman–Crippen MR) is 99.9 cm³/mol. The third-order valence-corrected chi connectivity index (χ3v) is 6.10. The van der Waals surface area contributed by atoms with Gasteiger partial charge in [0.25, 0.3) is 0 Å². The fraction of sp³-hybridized carbons (Fsp3) is 0.600. The second-order valence-corrected chi connectivity index (χ2v) is 7.65. The van der Waals surface area contributed by atoms with Crippen molar-refractivity contribution in [1.82, 2.24) is 4.90 Å². The van der Waals surface area contributed by atoms with Gasteiger partial charge in [0, 0.05) is 32.0 Å². The Hall–Kier alpha value is -2.13. The number of fused-ring (bicyclic) bond motifs is 2. The molecule has 0 atom stereocenters. The normalized spacial score (nSPS) is 22.2. The number of anilines is 1. The van der Waals surface area contributed by atoms with Crippen molar-refractivity contribution in [3.63, 3.8) is 0 Å². The Morgan fingerprint density at radius 2 is 1.72 bits per heavy atom. The lowest BCUT2D eigenvalue weighted by Crippen LogP contribution is -2.51. The van der Waals surface area contributed by atoms with Crippen LogP contribution in [0.1, 0.15) is 31.2 Å². The average Bonchev–Trinajstić information content (AvgIpc) is 2.92. The monoisotopic (exact) mass is 414 g/mol. The number of nitrogens with zero attached hydrogens (tertiary/aromatic N) is 2. The minimum atomic E-state index is -5.08. The molecule has 9 heteroatoms. The lowest BCUT2D eigenvalue weighted by atomic mass is 9.73. The van der Waals surface area contributed by atoms with Gasteiger partial charge in [-0.2, -0.15) is 13.2 Å². The van der Waals surface area contributed by atoms with Crippen LogP contribution < -0.4 is 4.90 Å². The van der Waals surface area contributed by atoms with Crippen LogP contribution in [-0.2, 0) is 19.7 Å². The minimum absolute atomic E-state index is 0.271. The Bertz CT molecular complexity index is 754. The van der Waals surface area contributed by atoms with E-state index >= 15 is 0 Å². The molecular formula is C20H25F3N2O4. The number of rotatable bonds is 1. The summed E-state index contributed by atoms with van der Waals surface area (Å²) in [6, 6.07) is 8.97. The molecule has 2 saturated heterocycles. The zero-order valence-corrected chi connectivity index (χ0v) is 16.2. The molecule has 3 aliphatic heterocycles. The number of aliphatic carboxylic acids is 1. The van der Waals surface area contributed by atoms with E-state index in [1.165, 1.54) is 5.56 Å². The van der Waals surface area contributed by atoms with E-state index in [2.05, 4.69) is 23.1 Å². The van der Waals surface area contributed by atoms with E-state index in [1.807, 2.05) is 18.0 Å². The molecule has 3 aliphatic rings. The molecule has 2 fully saturated rings. The first-order valence-electron chi connectivity index (χ1n) is 9.66. The van der Waals surface area contributed by atoms with Gasteiger partial charge >= 0.3 is 12.1 Å². The third kappa shape index (κ3) is 4.25. The molecule has 1 aromatic rings. The van der Waals surface area contributed by atoms with Gasteiger partial charge in [0.15, 0.2) is 0 Å². The number of hydrogen-bond donors (Lipinski definition) is 1. The molecule has 0 radical (unpaired) electrons. The van der Waals surface area contributed by atoms with Crippen LogP contribution in [0.25, 0.3) is 0 Å². The number of carbonyl (C=O) groups is 2. The SMILES string of the molecule is CN1C(=O)C2(CCN(C3CCOCC3)CC2)c2ccccc21.O=C(O)C(F)(F)F. The number of carbonyl (C=O) groups excluding carboxylic acids is 1. The first kappa shape index (κ1) is 21.6. The topological polar surface area (TPSA) is 70.1 Å². The van der Waals surface area contributed by atoms with Gasteiger partial charge in [-0.1, -0.05) is 18.2 Å². The summed E-state index contributed by atoms with van der Waals surface area (Å²) in [6.07, 6.45) is -0.913. The highest BCUT2D eigenvalue weighted by molar-refractivity contribution is 6.07. The lowest BCUT2D eigenvalue weighted by Gasteiger charge is -2.43. The van der Waals surface area contributed by atoms with E-state index in [1.54, 1.807) is 0 Å². The van der Waals surface area contributed by atoms with E-state index in [4.69, 9.17) is 14.6 Å². The molecule has 3 heterocycles. The Morgan fingerprint density at radius 1 is 1.17 bits per heavy atom. The summed E-state index contributed by atoms with van der Waals surface area (Å²) in [4.78, 5) is 26.3. The van der Waals surface area contributed by atoms with Crippen molar-refractivity contribution in [2.24, 2.45) is 0 Å². The maximum Gasteiger partial charge on any atom is 0.490 e. The number of carboxylic acid groups (broad SMARTS) is 1. The van der Waals surface area contributed by atoms with Gasteiger partial charge in [0.1, 0.15) is 0 Å². The molecule has 4 rings (SSSR count). The van der Waals surface area contributed by atoms with Crippen molar-refractivity contribution in [2.75, 3.05) is 38.3 Å². The van der Waals surface area contributed by atoms with Gasteiger partial charge in [-0.3, -0.25) is 4.79 Å². The summed E-state index contributed by atoms with van der Waals surface area (Å²) in [7, 11) is 1.92. The molecular weight excluding hydrogens is 389 g/mol. The van der Waals surface area contributed by atoms with Gasteiger partial charge < -0.3 is 19.6 Å². The molecule has 29 heavy (non-hydrogen) atoms. The van der Waals surface area contributed by atoms with E-state index in [9.17, 15) is 18.0 Å². The smallest absolute Gasteiger partial charge is 0.475 e. The highest BCUT2D eigenvalue weighted by Gasteiger charge is 2.51. The molecule has 0 saturated carbocycles. The number of ether oxygens (including phenoxy) is 1. The minimum Gasteiger partial charge on any atom is -0.475 e. The highest BCUT2D eigenvalue weighted by atomic mass is 19.4. The zero-order valence-electron chi connectivity index (χ0n) is 16.2. The van der Waals surface area contributed by atoms with E-state index in [0.29, 0.717) is 11.9 Å². The second kappa shape index (κ2) is 8.31. The molecule has 0 aromatic heterocycles. The van der Waals surface area contributed by atoms with Crippen molar-refractivity contribution in [2.45, 2.75) is 43.3 Å². The van der Waals surface area contributed by atoms with Crippen LogP contribution in [-0.4, -0.2) is 67.5 Å². The van der Waals surface area contributed by atoms with Crippen LogP contribution in [0.2, 0.25) is 0 Å². The fourth-order valence-electron chi connectivity index (χ4n) is 4.52. The van der Waals surface area contributed by atoms with Crippen molar-refractivity contribution < 1.29 is 32.6 Å². The van der Waals surface area contributed by atoms with Gasteiger partial charge in [0.05, 0.1) is 5.41 Å². The van der Waals surface area contributed by atoms with Crippen LogP contribution in [0.3, 0.4) is 0 Å². The Balaban J connectivity index is 0.000000298. The van der Waals surface area contributed by atoms with Gasteiger partial charge in [-0.25, -0.2) is 4.79 Å². The van der Waals surface area contributed by atoms with Crippen molar-refractivity contribution in [3.05, 3.63) is 29.8 Å². The number of alkyl halides is 3. The number of piperidine rings is 1. The predicted octanol–water partition coefficient (Wildman–Crippen LogP) is 2.81. The number of halogens is 3. The number of hydrogen-bond acceptors (Lipinski definition) is 4. The number of amides is 1. The Labute approximate surface area is 167 Å². The number of para-hydroxylation sites is 1. The van der Waals surface area contributed by atoms with Gasteiger partial charge in [0.2, 0.25) is 5.91 Å². The zero-order chi connectivity index (χ0) is 21.2. The van der Waals surface area contributed by atoms with Crippen LogP contribution in [0.15, 0.2) is 24.3 Å². The van der Waals surface area contributed by atoms with E-state index in [-0.39, 0.29) is 5.41 Å². The van der Waals surface area contributed by atoms with Crippen molar-refractivity contribution in [1.29, 1.82) is 0 Å². The second-order valence-electron chi connectivity index (χ2n) is 7.65. The molecule has 6 nitrogen and oxygen atoms in total. The summed E-state index contributed by atoms with van der Waals surface area (Å²) < 4.78 is 37.2.